The number of ether oxygens (including phenoxy) is 1. The molecule has 1 aromatic carbocycles. The monoisotopic (exact) mass is 615 g/mol. The zero-order valence-electron chi connectivity index (χ0n) is 21.9. The molecule has 0 unspecified atom stereocenters. The van der Waals surface area contributed by atoms with Crippen molar-refractivity contribution < 1.29 is 35.5 Å². The number of rotatable bonds is 6. The summed E-state index contributed by atoms with van der Waals surface area (Å²) in [5.74, 6) is 0. The van der Waals surface area contributed by atoms with Gasteiger partial charge in [0.2, 0.25) is 0 Å². The molecule has 1 aliphatic carbocycles. The number of aromatic nitrogens is 3. The summed E-state index contributed by atoms with van der Waals surface area (Å²) < 4.78 is 103. The van der Waals surface area contributed by atoms with Gasteiger partial charge in [0.25, 0.3) is 0 Å². The minimum Gasteiger partial charge on any atom is -0.378 e. The molecule has 42 heavy (non-hydrogen) atoms. The van der Waals surface area contributed by atoms with Crippen molar-refractivity contribution in [1.82, 2.24) is 19.7 Å². The molecule has 2 saturated heterocycles. The molecule has 2 aromatic heterocycles. The summed E-state index contributed by atoms with van der Waals surface area (Å²) in [7, 11) is 0. The Morgan fingerprint density at radius 1 is 1.07 bits per heavy atom. The number of nitrogens with one attached hydrogen (secondary N) is 1. The van der Waals surface area contributed by atoms with E-state index in [0.717, 1.165) is 18.2 Å². The topological polar surface area (TPSA) is 55.2 Å². The zero-order valence-corrected chi connectivity index (χ0v) is 22.7. The van der Waals surface area contributed by atoms with Crippen molar-refractivity contribution >= 4 is 28.5 Å². The van der Waals surface area contributed by atoms with Gasteiger partial charge in [-0.1, -0.05) is 23.7 Å². The van der Waals surface area contributed by atoms with Crippen molar-refractivity contribution in [1.29, 1.82) is 0 Å². The molecule has 0 amide bonds. The van der Waals surface area contributed by atoms with E-state index >= 15 is 4.39 Å². The lowest BCUT2D eigenvalue weighted by molar-refractivity contribution is -0.137. The first-order valence-corrected chi connectivity index (χ1v) is 13.7. The SMILES string of the molecule is F[C@H]1CN(C2COC2)CC[C@@H]1n1ncc(Cc2cc(Nc3cccc(C(F)(F)F)c3)c3c(n2)CC=C3C(F)(F)F)c1Cl. The molecule has 0 bridgehead atoms. The molecule has 2 atom stereocenters. The fourth-order valence-electron chi connectivity index (χ4n) is 5.67. The minimum atomic E-state index is -4.69. The number of pyridine rings is 1. The van der Waals surface area contributed by atoms with Crippen LogP contribution in [-0.4, -0.2) is 64.4 Å². The maximum absolute atomic E-state index is 15.2. The Morgan fingerprint density at radius 2 is 1.86 bits per heavy atom. The molecule has 14 heteroatoms. The molecule has 0 spiro atoms. The lowest BCUT2D eigenvalue weighted by Crippen LogP contribution is -2.55. The Hall–Kier alpha value is -3.16. The number of hydrogen-bond acceptors (Lipinski definition) is 5. The van der Waals surface area contributed by atoms with Crippen molar-refractivity contribution in [2.24, 2.45) is 0 Å². The first kappa shape index (κ1) is 28.9. The molecule has 4 heterocycles. The van der Waals surface area contributed by atoms with Crippen molar-refractivity contribution in [3.8, 4) is 0 Å². The van der Waals surface area contributed by atoms with Gasteiger partial charge in [0.15, 0.2) is 0 Å². The maximum atomic E-state index is 15.2. The summed E-state index contributed by atoms with van der Waals surface area (Å²) >= 11 is 6.63. The Labute approximate surface area is 241 Å². The lowest BCUT2D eigenvalue weighted by atomic mass is 10.0. The average molecular weight is 616 g/mol. The highest BCUT2D eigenvalue weighted by Crippen LogP contribution is 2.44. The molecule has 0 saturated carbocycles. The molecule has 3 aromatic rings. The number of nitrogens with zero attached hydrogens (tertiary/aromatic N) is 4. The zero-order chi connectivity index (χ0) is 29.8. The van der Waals surface area contributed by atoms with Crippen molar-refractivity contribution in [2.75, 3.05) is 31.6 Å². The average Bonchev–Trinajstić information content (AvgIpc) is 3.47. The Bertz CT molecular complexity index is 1520. The van der Waals surface area contributed by atoms with Crippen LogP contribution in [0, 0.1) is 0 Å². The normalized spacial score (nSPS) is 21.7. The van der Waals surface area contributed by atoms with Gasteiger partial charge in [-0.25, -0.2) is 9.07 Å². The van der Waals surface area contributed by atoms with Crippen LogP contribution in [0.4, 0.5) is 42.1 Å². The van der Waals surface area contributed by atoms with Crippen molar-refractivity contribution in [2.45, 2.75) is 49.9 Å². The number of hydrogen-bond donors (Lipinski definition) is 1. The summed E-state index contributed by atoms with van der Waals surface area (Å²) in [6.45, 7) is 2.07. The highest BCUT2D eigenvalue weighted by molar-refractivity contribution is 6.30. The number of fused-ring (bicyclic) bond motifs is 1. The number of piperidine rings is 1. The highest BCUT2D eigenvalue weighted by Gasteiger charge is 2.41. The van der Waals surface area contributed by atoms with E-state index in [0.29, 0.717) is 37.4 Å². The molecule has 6 rings (SSSR count). The van der Waals surface area contributed by atoms with E-state index in [9.17, 15) is 26.3 Å². The fourth-order valence-corrected chi connectivity index (χ4v) is 5.95. The molecular weight excluding hydrogens is 591 g/mol. The number of alkyl halides is 7. The van der Waals surface area contributed by atoms with E-state index in [-0.39, 0.29) is 53.2 Å². The van der Waals surface area contributed by atoms with Crippen molar-refractivity contribution in [3.63, 3.8) is 0 Å². The second-order valence-electron chi connectivity index (χ2n) is 10.6. The smallest absolute Gasteiger partial charge is 0.378 e. The Morgan fingerprint density at radius 3 is 2.52 bits per heavy atom. The molecule has 0 radical (unpaired) electrons. The van der Waals surface area contributed by atoms with Crippen LogP contribution in [0.25, 0.3) is 5.57 Å². The summed E-state index contributed by atoms with van der Waals surface area (Å²) in [6, 6.07) is 5.22. The van der Waals surface area contributed by atoms with Crippen LogP contribution in [-0.2, 0) is 23.8 Å². The molecule has 1 N–H and O–H groups in total. The summed E-state index contributed by atoms with van der Waals surface area (Å²) in [5, 5.41) is 7.27. The van der Waals surface area contributed by atoms with Gasteiger partial charge in [-0.15, -0.1) is 0 Å². The number of benzene rings is 1. The number of halogens is 8. The van der Waals surface area contributed by atoms with E-state index in [1.807, 2.05) is 0 Å². The van der Waals surface area contributed by atoms with E-state index < -0.39 is 35.7 Å². The van der Waals surface area contributed by atoms with E-state index in [4.69, 9.17) is 16.3 Å². The predicted molar refractivity (Wildman–Crippen MR) is 141 cm³/mol. The number of allylic oxidation sites excluding steroid dienone is 2. The van der Waals surface area contributed by atoms with Crippen LogP contribution in [0.15, 0.2) is 42.6 Å². The third kappa shape index (κ3) is 5.61. The van der Waals surface area contributed by atoms with Gasteiger partial charge in [-0.05, 0) is 30.7 Å². The Kier molecular flexibility index (Phi) is 7.47. The molecule has 2 fully saturated rings. The fraction of sp³-hybridized carbons (Fsp3) is 0.429. The maximum Gasteiger partial charge on any atom is 0.416 e. The molecule has 3 aliphatic rings. The third-order valence-corrected chi connectivity index (χ3v) is 8.27. The minimum absolute atomic E-state index is 0.0303. The largest absolute Gasteiger partial charge is 0.416 e. The second kappa shape index (κ2) is 10.8. The van der Waals surface area contributed by atoms with E-state index in [1.54, 1.807) is 0 Å². The molecule has 6 nitrogen and oxygen atoms in total. The van der Waals surface area contributed by atoms with Crippen LogP contribution < -0.4 is 5.32 Å². The Balaban J connectivity index is 1.28. The molecular formula is C28H25ClF7N5O. The predicted octanol–water partition coefficient (Wildman–Crippen LogP) is 6.77. The summed E-state index contributed by atoms with van der Waals surface area (Å²) in [4.78, 5) is 6.49. The van der Waals surface area contributed by atoms with E-state index in [2.05, 4.69) is 20.3 Å². The second-order valence-corrected chi connectivity index (χ2v) is 11.0. The van der Waals surface area contributed by atoms with Gasteiger partial charge in [0.05, 0.1) is 54.0 Å². The first-order chi connectivity index (χ1) is 19.9. The summed E-state index contributed by atoms with van der Waals surface area (Å²) in [6.07, 6.45) is -7.57. The molecule has 224 valence electrons. The highest BCUT2D eigenvalue weighted by atomic mass is 35.5. The van der Waals surface area contributed by atoms with Gasteiger partial charge < -0.3 is 10.1 Å². The van der Waals surface area contributed by atoms with Crippen LogP contribution >= 0.6 is 11.6 Å². The van der Waals surface area contributed by atoms with Crippen LogP contribution in [0.3, 0.4) is 0 Å². The van der Waals surface area contributed by atoms with Gasteiger partial charge in [-0.2, -0.15) is 31.4 Å². The van der Waals surface area contributed by atoms with Gasteiger partial charge in [0.1, 0.15) is 11.3 Å². The van der Waals surface area contributed by atoms with Gasteiger partial charge >= 0.3 is 12.4 Å². The summed E-state index contributed by atoms with van der Waals surface area (Å²) in [5.41, 5.74) is -1.17. The van der Waals surface area contributed by atoms with E-state index in [1.165, 1.54) is 29.1 Å². The third-order valence-electron chi connectivity index (χ3n) is 7.86. The van der Waals surface area contributed by atoms with Crippen LogP contribution in [0.2, 0.25) is 5.15 Å². The number of anilines is 2. The first-order valence-electron chi connectivity index (χ1n) is 13.3. The van der Waals surface area contributed by atoms with Crippen LogP contribution in [0.1, 0.15) is 40.5 Å². The number of likely N-dealkylation sites (tertiary alicyclic amines) is 1. The lowest BCUT2D eigenvalue weighted by Gasteiger charge is -2.42. The quantitative estimate of drug-likeness (QED) is 0.310. The van der Waals surface area contributed by atoms with Crippen LogP contribution in [0.5, 0.6) is 0 Å². The van der Waals surface area contributed by atoms with Gasteiger partial charge in [-0.3, -0.25) is 9.88 Å². The molecule has 2 aliphatic heterocycles. The standard InChI is InChI=1S/C28H25ClF7N5O/c29-26-15(11-37-41(26)24-6-7-40(12-21(24)30)19-13-42-14-19)8-18-10-23(25-20(28(34,35)36)4-5-22(25)39-18)38-17-3-1-2-16(9-17)27(31,32)33/h1-4,9-11,19,21,24H,5-8,12-14H2,(H,38,39)/t21-,24-/m0/s1. The van der Waals surface area contributed by atoms with Crippen molar-refractivity contribution in [3.05, 3.63) is 75.8 Å². The van der Waals surface area contributed by atoms with Gasteiger partial charge in [0, 0.05) is 48.4 Å².